The SMILES string of the molecule is N#Cc1cc(N2CC(S(=O)(=O)F)CC2=O)ccc1F. The summed E-state index contributed by atoms with van der Waals surface area (Å²) in [6.07, 6.45) is -0.460. The Balaban J connectivity index is 2.34. The molecule has 1 aromatic carbocycles. The zero-order valence-corrected chi connectivity index (χ0v) is 10.3. The van der Waals surface area contributed by atoms with Crippen LogP contribution in [0.25, 0.3) is 0 Å². The van der Waals surface area contributed by atoms with Crippen LogP contribution in [0.5, 0.6) is 0 Å². The van der Waals surface area contributed by atoms with E-state index in [1.165, 1.54) is 6.07 Å². The average molecular weight is 286 g/mol. The van der Waals surface area contributed by atoms with Crippen LogP contribution in [-0.4, -0.2) is 26.1 Å². The molecule has 5 nitrogen and oxygen atoms in total. The van der Waals surface area contributed by atoms with Gasteiger partial charge in [0.25, 0.3) is 0 Å². The number of benzene rings is 1. The summed E-state index contributed by atoms with van der Waals surface area (Å²) >= 11 is 0. The highest BCUT2D eigenvalue weighted by Crippen LogP contribution is 2.27. The lowest BCUT2D eigenvalue weighted by atomic mass is 10.2. The van der Waals surface area contributed by atoms with Crippen LogP contribution in [0.15, 0.2) is 18.2 Å². The van der Waals surface area contributed by atoms with Gasteiger partial charge in [-0.1, -0.05) is 0 Å². The largest absolute Gasteiger partial charge is 0.311 e. The molecule has 19 heavy (non-hydrogen) atoms. The third kappa shape index (κ3) is 2.56. The molecule has 8 heteroatoms. The third-order valence-electron chi connectivity index (χ3n) is 2.87. The normalized spacial score (nSPS) is 19.5. The first kappa shape index (κ1) is 13.4. The summed E-state index contributed by atoms with van der Waals surface area (Å²) in [5, 5.41) is 7.26. The Hall–Kier alpha value is -2.01. The number of carbonyl (C=O) groups is 1. The third-order valence-corrected chi connectivity index (χ3v) is 3.98. The van der Waals surface area contributed by atoms with Gasteiger partial charge in [0.2, 0.25) is 5.91 Å². The molecule has 1 aliphatic heterocycles. The van der Waals surface area contributed by atoms with Gasteiger partial charge >= 0.3 is 10.2 Å². The van der Waals surface area contributed by atoms with Crippen LogP contribution >= 0.6 is 0 Å². The predicted octanol–water partition coefficient (Wildman–Crippen LogP) is 1.10. The van der Waals surface area contributed by atoms with Gasteiger partial charge in [0.1, 0.15) is 17.1 Å². The Bertz CT molecular complexity index is 682. The van der Waals surface area contributed by atoms with Crippen LogP contribution in [0.2, 0.25) is 0 Å². The van der Waals surface area contributed by atoms with Gasteiger partial charge in [-0.15, -0.1) is 3.89 Å². The van der Waals surface area contributed by atoms with Crippen LogP contribution in [0, 0.1) is 17.1 Å². The Kier molecular flexibility index (Phi) is 3.24. The van der Waals surface area contributed by atoms with Crippen molar-refractivity contribution in [3.05, 3.63) is 29.6 Å². The summed E-state index contributed by atoms with van der Waals surface area (Å²) in [4.78, 5) is 12.7. The summed E-state index contributed by atoms with van der Waals surface area (Å²) in [6.45, 7) is -0.339. The van der Waals surface area contributed by atoms with Crippen molar-refractivity contribution in [2.45, 2.75) is 11.7 Å². The molecule has 100 valence electrons. The fraction of sp³-hybridized carbons (Fsp3) is 0.273. The Morgan fingerprint density at radius 2 is 2.11 bits per heavy atom. The average Bonchev–Trinajstić information content (AvgIpc) is 2.72. The highest BCUT2D eigenvalue weighted by atomic mass is 32.3. The first-order valence-corrected chi connectivity index (χ1v) is 6.71. The molecule has 1 amide bonds. The quantitative estimate of drug-likeness (QED) is 0.763. The molecule has 0 aromatic heterocycles. The number of rotatable bonds is 2. The van der Waals surface area contributed by atoms with E-state index in [1.54, 1.807) is 6.07 Å². The first-order chi connectivity index (χ1) is 8.82. The highest BCUT2D eigenvalue weighted by Gasteiger charge is 2.39. The number of halogens is 2. The van der Waals surface area contributed by atoms with Gasteiger partial charge in [0, 0.05) is 18.7 Å². The molecule has 0 saturated carbocycles. The van der Waals surface area contributed by atoms with Crippen molar-refractivity contribution in [3.8, 4) is 6.07 Å². The standard InChI is InChI=1S/C11H8F2N2O3S/c12-10-2-1-8(3-7(10)5-14)15-6-9(4-11(15)16)19(13,17)18/h1-3,9H,4,6H2. The molecule has 1 aliphatic rings. The van der Waals surface area contributed by atoms with E-state index in [4.69, 9.17) is 5.26 Å². The summed E-state index contributed by atoms with van der Waals surface area (Å²) in [7, 11) is -4.80. The summed E-state index contributed by atoms with van der Waals surface area (Å²) in [5.74, 6) is -1.32. The van der Waals surface area contributed by atoms with Gasteiger partial charge in [-0.25, -0.2) is 4.39 Å². The highest BCUT2D eigenvalue weighted by molar-refractivity contribution is 7.87. The zero-order valence-electron chi connectivity index (χ0n) is 9.51. The van der Waals surface area contributed by atoms with Crippen molar-refractivity contribution in [1.82, 2.24) is 0 Å². The zero-order chi connectivity index (χ0) is 14.2. The van der Waals surface area contributed by atoms with Crippen LogP contribution in [-0.2, 0) is 15.0 Å². The molecule has 1 saturated heterocycles. The number of nitrogens with zero attached hydrogens (tertiary/aromatic N) is 2. The number of amides is 1. The molecule has 1 unspecified atom stereocenters. The number of anilines is 1. The smallest absolute Gasteiger partial charge is 0.307 e. The summed E-state index contributed by atoms with van der Waals surface area (Å²) in [6, 6.07) is 4.97. The molecule has 1 atom stereocenters. The Labute approximate surface area is 108 Å². The Morgan fingerprint density at radius 1 is 1.42 bits per heavy atom. The van der Waals surface area contributed by atoms with Gasteiger partial charge in [-0.05, 0) is 18.2 Å². The second-order valence-electron chi connectivity index (χ2n) is 4.08. The van der Waals surface area contributed by atoms with Crippen molar-refractivity contribution in [2.24, 2.45) is 0 Å². The van der Waals surface area contributed by atoms with Crippen LogP contribution < -0.4 is 4.90 Å². The van der Waals surface area contributed by atoms with Gasteiger partial charge in [0.15, 0.2) is 0 Å². The van der Waals surface area contributed by atoms with Gasteiger partial charge < -0.3 is 4.90 Å². The molecule has 2 rings (SSSR count). The lowest BCUT2D eigenvalue weighted by Crippen LogP contribution is -2.27. The van der Waals surface area contributed by atoms with E-state index in [0.29, 0.717) is 0 Å². The second kappa shape index (κ2) is 4.59. The molecule has 0 N–H and O–H groups in total. The molecular formula is C11H8F2N2O3S. The molecule has 0 spiro atoms. The van der Waals surface area contributed by atoms with E-state index >= 15 is 0 Å². The van der Waals surface area contributed by atoms with Crippen molar-refractivity contribution in [1.29, 1.82) is 5.26 Å². The topological polar surface area (TPSA) is 78.2 Å². The van der Waals surface area contributed by atoms with E-state index < -0.39 is 33.6 Å². The number of carbonyl (C=O) groups excluding carboxylic acids is 1. The number of nitriles is 1. The minimum absolute atomic E-state index is 0.175. The maximum Gasteiger partial charge on any atom is 0.307 e. The monoisotopic (exact) mass is 286 g/mol. The molecule has 1 fully saturated rings. The van der Waals surface area contributed by atoms with Gasteiger partial charge in [0.05, 0.1) is 5.56 Å². The number of hydrogen-bond donors (Lipinski definition) is 0. The maximum atomic E-state index is 13.1. The maximum absolute atomic E-state index is 13.1. The van der Waals surface area contributed by atoms with Crippen LogP contribution in [0.4, 0.5) is 14.0 Å². The molecule has 1 heterocycles. The fourth-order valence-corrected chi connectivity index (χ4v) is 2.55. The number of hydrogen-bond acceptors (Lipinski definition) is 4. The van der Waals surface area contributed by atoms with E-state index in [1.807, 2.05) is 0 Å². The van der Waals surface area contributed by atoms with Crippen molar-refractivity contribution in [2.75, 3.05) is 11.4 Å². The first-order valence-electron chi connectivity index (χ1n) is 5.26. The molecule has 0 bridgehead atoms. The predicted molar refractivity (Wildman–Crippen MR) is 61.9 cm³/mol. The minimum Gasteiger partial charge on any atom is -0.311 e. The van der Waals surface area contributed by atoms with Gasteiger partial charge in [-0.3, -0.25) is 4.79 Å². The molecular weight excluding hydrogens is 278 g/mol. The van der Waals surface area contributed by atoms with Gasteiger partial charge in [-0.2, -0.15) is 13.7 Å². The minimum atomic E-state index is -4.80. The summed E-state index contributed by atoms with van der Waals surface area (Å²) < 4.78 is 47.5. The fourth-order valence-electron chi connectivity index (χ4n) is 1.88. The molecule has 1 aromatic rings. The van der Waals surface area contributed by atoms with E-state index in [9.17, 15) is 21.5 Å². The van der Waals surface area contributed by atoms with E-state index in [2.05, 4.69) is 0 Å². The van der Waals surface area contributed by atoms with Crippen molar-refractivity contribution < 1.29 is 21.5 Å². The van der Waals surface area contributed by atoms with Crippen LogP contribution in [0.3, 0.4) is 0 Å². The summed E-state index contributed by atoms with van der Waals surface area (Å²) in [5.41, 5.74) is -0.0917. The van der Waals surface area contributed by atoms with E-state index in [0.717, 1.165) is 17.0 Å². The second-order valence-corrected chi connectivity index (χ2v) is 5.70. The molecule has 0 aliphatic carbocycles. The Morgan fingerprint density at radius 3 is 2.63 bits per heavy atom. The van der Waals surface area contributed by atoms with E-state index in [-0.39, 0.29) is 17.8 Å². The van der Waals surface area contributed by atoms with Crippen molar-refractivity contribution in [3.63, 3.8) is 0 Å². The lowest BCUT2D eigenvalue weighted by Gasteiger charge is -2.16. The van der Waals surface area contributed by atoms with Crippen LogP contribution in [0.1, 0.15) is 12.0 Å². The van der Waals surface area contributed by atoms with Crippen molar-refractivity contribution >= 4 is 21.8 Å². The lowest BCUT2D eigenvalue weighted by molar-refractivity contribution is -0.117. The molecule has 0 radical (unpaired) electrons.